The molecule has 180 valence electrons. The van der Waals surface area contributed by atoms with Gasteiger partial charge in [0.15, 0.2) is 0 Å². The minimum Gasteiger partial charge on any atom is -0.379 e. The summed E-state index contributed by atoms with van der Waals surface area (Å²) in [7, 11) is -3.62. The van der Waals surface area contributed by atoms with Crippen LogP contribution in [0.3, 0.4) is 0 Å². The van der Waals surface area contributed by atoms with Crippen LogP contribution in [-0.4, -0.2) is 75.0 Å². The molecule has 3 fully saturated rings. The van der Waals surface area contributed by atoms with E-state index in [0.717, 1.165) is 39.1 Å². The number of carbonyl (C=O) groups is 1. The van der Waals surface area contributed by atoms with Crippen LogP contribution in [0.1, 0.15) is 50.5 Å². The molecule has 2 aliphatic heterocycles. The Morgan fingerprint density at radius 2 is 1.70 bits per heavy atom. The molecule has 2 saturated heterocycles. The zero-order valence-corrected chi connectivity index (χ0v) is 20.0. The highest BCUT2D eigenvalue weighted by Gasteiger charge is 2.40. The number of carbonyl (C=O) groups excluding carboxylic acids is 1. The predicted octanol–water partition coefficient (Wildman–Crippen LogP) is 2.11. The number of benzene rings is 1. The van der Waals surface area contributed by atoms with E-state index in [1.807, 2.05) is 6.07 Å². The van der Waals surface area contributed by atoms with Crippen LogP contribution < -0.4 is 5.32 Å². The lowest BCUT2D eigenvalue weighted by Crippen LogP contribution is -2.60. The number of rotatable bonds is 6. The summed E-state index contributed by atoms with van der Waals surface area (Å²) in [6.45, 7) is 4.66. The minimum atomic E-state index is -3.62. The van der Waals surface area contributed by atoms with Gasteiger partial charge in [-0.25, -0.2) is 8.42 Å². The highest BCUT2D eigenvalue weighted by Crippen LogP contribution is 2.34. The van der Waals surface area contributed by atoms with Crippen molar-refractivity contribution in [1.82, 2.24) is 14.5 Å². The molecule has 1 aromatic carbocycles. The second-order valence-electron chi connectivity index (χ2n) is 9.42. The molecule has 4 rings (SSSR count). The summed E-state index contributed by atoms with van der Waals surface area (Å²) < 4.78 is 32.9. The Morgan fingerprint density at radius 3 is 2.30 bits per heavy atom. The van der Waals surface area contributed by atoms with Gasteiger partial charge >= 0.3 is 0 Å². The van der Waals surface area contributed by atoms with Crippen LogP contribution in [0.4, 0.5) is 0 Å². The number of piperidine rings is 1. The second-order valence-corrected chi connectivity index (χ2v) is 11.4. The number of hydrogen-bond donors (Lipinski definition) is 1. The van der Waals surface area contributed by atoms with Gasteiger partial charge in [0.05, 0.1) is 29.7 Å². The molecular formula is C24H34N4O4S. The third kappa shape index (κ3) is 5.40. The largest absolute Gasteiger partial charge is 0.379 e. The van der Waals surface area contributed by atoms with Gasteiger partial charge in [0.2, 0.25) is 15.9 Å². The third-order valence-electron chi connectivity index (χ3n) is 7.50. The second kappa shape index (κ2) is 10.5. The Morgan fingerprint density at radius 1 is 1.06 bits per heavy atom. The number of sulfonamides is 1. The molecule has 2 heterocycles. The van der Waals surface area contributed by atoms with Gasteiger partial charge in [-0.05, 0) is 49.9 Å². The molecule has 1 saturated carbocycles. The van der Waals surface area contributed by atoms with E-state index in [4.69, 9.17) is 10.00 Å². The minimum absolute atomic E-state index is 0.0251. The monoisotopic (exact) mass is 474 g/mol. The molecule has 9 heteroatoms. The standard InChI is InChI=1S/C24H34N4O4S/c25-18-20-4-6-22(7-5-20)33(30,31)28-12-8-21(9-13-28)23(29)26-19-24(10-2-1-3-11-24)27-14-16-32-17-15-27/h4-7,21H,1-3,8-17,19H2,(H,26,29). The number of amides is 1. The van der Waals surface area contributed by atoms with Crippen LogP contribution in [0, 0.1) is 17.2 Å². The molecule has 0 bridgehead atoms. The van der Waals surface area contributed by atoms with E-state index in [0.29, 0.717) is 38.0 Å². The van der Waals surface area contributed by atoms with E-state index in [1.165, 1.54) is 47.8 Å². The molecule has 0 radical (unpaired) electrons. The predicted molar refractivity (Wildman–Crippen MR) is 124 cm³/mol. The summed E-state index contributed by atoms with van der Waals surface area (Å²) in [6.07, 6.45) is 6.89. The van der Waals surface area contributed by atoms with Crippen molar-refractivity contribution in [3.8, 4) is 6.07 Å². The van der Waals surface area contributed by atoms with Gasteiger partial charge in [-0.1, -0.05) is 19.3 Å². The van der Waals surface area contributed by atoms with Gasteiger partial charge in [0.25, 0.3) is 0 Å². The summed E-state index contributed by atoms with van der Waals surface area (Å²) in [5.41, 5.74) is 0.453. The van der Waals surface area contributed by atoms with Crippen molar-refractivity contribution in [2.75, 3.05) is 45.9 Å². The zero-order valence-electron chi connectivity index (χ0n) is 19.2. The average molecular weight is 475 g/mol. The van der Waals surface area contributed by atoms with Crippen LogP contribution in [0.25, 0.3) is 0 Å². The van der Waals surface area contributed by atoms with Crippen LogP contribution in [0.15, 0.2) is 29.2 Å². The molecule has 1 N–H and O–H groups in total. The Balaban J connectivity index is 1.32. The van der Waals surface area contributed by atoms with Gasteiger partial charge in [-0.3, -0.25) is 9.69 Å². The average Bonchev–Trinajstić information content (AvgIpc) is 2.88. The van der Waals surface area contributed by atoms with Crippen LogP contribution in [-0.2, 0) is 19.6 Å². The molecule has 8 nitrogen and oxygen atoms in total. The maximum Gasteiger partial charge on any atom is 0.243 e. The molecule has 0 aromatic heterocycles. The highest BCUT2D eigenvalue weighted by atomic mass is 32.2. The van der Waals surface area contributed by atoms with Crippen LogP contribution in [0.5, 0.6) is 0 Å². The number of hydrogen-bond acceptors (Lipinski definition) is 6. The Hall–Kier alpha value is -1.99. The topological polar surface area (TPSA) is 103 Å². The van der Waals surface area contributed by atoms with Crippen molar-refractivity contribution in [2.45, 2.75) is 55.4 Å². The van der Waals surface area contributed by atoms with Crippen LogP contribution in [0.2, 0.25) is 0 Å². The van der Waals surface area contributed by atoms with Crippen molar-refractivity contribution in [2.24, 2.45) is 5.92 Å². The number of nitrogens with one attached hydrogen (secondary N) is 1. The number of morpholine rings is 1. The SMILES string of the molecule is N#Cc1ccc(S(=O)(=O)N2CCC(C(=O)NCC3(N4CCOCC4)CCCCC3)CC2)cc1. The fourth-order valence-corrected chi connectivity index (χ4v) is 6.93. The van der Waals surface area contributed by atoms with Gasteiger partial charge in [0, 0.05) is 44.2 Å². The molecule has 0 atom stereocenters. The van der Waals surface area contributed by atoms with E-state index >= 15 is 0 Å². The summed E-state index contributed by atoms with van der Waals surface area (Å²) in [5, 5.41) is 12.2. The Bertz CT molecular complexity index is 953. The summed E-state index contributed by atoms with van der Waals surface area (Å²) in [5.74, 6) is -0.119. The van der Waals surface area contributed by atoms with Crippen molar-refractivity contribution >= 4 is 15.9 Å². The van der Waals surface area contributed by atoms with Gasteiger partial charge in [0.1, 0.15) is 0 Å². The lowest BCUT2D eigenvalue weighted by molar-refractivity contribution is -0.127. The molecule has 33 heavy (non-hydrogen) atoms. The molecule has 1 aliphatic carbocycles. The summed E-state index contributed by atoms with van der Waals surface area (Å²) in [4.78, 5) is 15.7. The number of ether oxygens (including phenoxy) is 1. The van der Waals surface area contributed by atoms with Crippen molar-refractivity contribution in [3.63, 3.8) is 0 Å². The normalized spacial score (nSPS) is 23.0. The fourth-order valence-electron chi connectivity index (χ4n) is 5.46. The van der Waals surface area contributed by atoms with E-state index in [1.54, 1.807) is 0 Å². The lowest BCUT2D eigenvalue weighted by atomic mass is 9.79. The zero-order chi connectivity index (χ0) is 23.3. The van der Waals surface area contributed by atoms with E-state index < -0.39 is 10.0 Å². The molecule has 1 aromatic rings. The van der Waals surface area contributed by atoms with E-state index in [9.17, 15) is 13.2 Å². The highest BCUT2D eigenvalue weighted by molar-refractivity contribution is 7.89. The first-order chi connectivity index (χ1) is 15.9. The molecular weight excluding hydrogens is 440 g/mol. The number of nitrogens with zero attached hydrogens (tertiary/aromatic N) is 3. The maximum atomic E-state index is 13.0. The smallest absolute Gasteiger partial charge is 0.243 e. The quantitative estimate of drug-likeness (QED) is 0.677. The molecule has 0 spiro atoms. The Kier molecular flexibility index (Phi) is 7.69. The van der Waals surface area contributed by atoms with Gasteiger partial charge in [-0.15, -0.1) is 0 Å². The van der Waals surface area contributed by atoms with Crippen molar-refractivity contribution < 1.29 is 17.9 Å². The molecule has 1 amide bonds. The van der Waals surface area contributed by atoms with E-state index in [-0.39, 0.29) is 22.3 Å². The first-order valence-electron chi connectivity index (χ1n) is 12.1. The number of nitriles is 1. The molecule has 0 unspecified atom stereocenters. The fraction of sp³-hybridized carbons (Fsp3) is 0.667. The molecule has 3 aliphatic rings. The lowest BCUT2D eigenvalue weighted by Gasteiger charge is -2.48. The van der Waals surface area contributed by atoms with Gasteiger partial charge in [-0.2, -0.15) is 9.57 Å². The van der Waals surface area contributed by atoms with Crippen molar-refractivity contribution in [1.29, 1.82) is 5.26 Å². The van der Waals surface area contributed by atoms with Crippen LogP contribution >= 0.6 is 0 Å². The first-order valence-corrected chi connectivity index (χ1v) is 13.5. The summed E-state index contributed by atoms with van der Waals surface area (Å²) >= 11 is 0. The Labute approximate surface area is 196 Å². The van der Waals surface area contributed by atoms with E-state index in [2.05, 4.69) is 10.2 Å². The van der Waals surface area contributed by atoms with Gasteiger partial charge < -0.3 is 10.1 Å². The third-order valence-corrected chi connectivity index (χ3v) is 9.42. The van der Waals surface area contributed by atoms with Crippen molar-refractivity contribution in [3.05, 3.63) is 29.8 Å². The maximum absolute atomic E-state index is 13.0. The first kappa shape index (κ1) is 24.1. The summed E-state index contributed by atoms with van der Waals surface area (Å²) in [6, 6.07) is 7.98.